The zero-order valence-electron chi connectivity index (χ0n) is 21.2. The number of para-hydroxylation sites is 1. The highest BCUT2D eigenvalue weighted by atomic mass is 16.4. The van der Waals surface area contributed by atoms with Gasteiger partial charge in [0.05, 0.1) is 10.9 Å². The van der Waals surface area contributed by atoms with Gasteiger partial charge < -0.3 is 20.7 Å². The summed E-state index contributed by atoms with van der Waals surface area (Å²) in [7, 11) is 0. The molecule has 10 nitrogen and oxygen atoms in total. The molecule has 1 aromatic heterocycles. The average Bonchev–Trinajstić information content (AvgIpc) is 2.85. The van der Waals surface area contributed by atoms with Gasteiger partial charge in [0.1, 0.15) is 18.1 Å². The van der Waals surface area contributed by atoms with Crippen LogP contribution in [-0.2, 0) is 20.8 Å². The molecule has 196 valence electrons. The van der Waals surface area contributed by atoms with Crippen molar-refractivity contribution in [3.05, 3.63) is 81.0 Å². The number of nitrogens with one attached hydrogen (secondary N) is 3. The number of carboxylic acid groups (broad SMARTS) is 1. The zero-order chi connectivity index (χ0) is 27.3. The predicted octanol–water partition coefficient (Wildman–Crippen LogP) is 1.84. The van der Waals surface area contributed by atoms with Crippen LogP contribution in [0.2, 0.25) is 0 Å². The molecule has 0 saturated carbocycles. The summed E-state index contributed by atoms with van der Waals surface area (Å²) in [5.41, 5.74) is -0.332. The third-order valence-corrected chi connectivity index (χ3v) is 6.20. The Morgan fingerprint density at radius 1 is 0.838 bits per heavy atom. The van der Waals surface area contributed by atoms with Gasteiger partial charge in [-0.3, -0.25) is 14.4 Å². The first-order valence-corrected chi connectivity index (χ1v) is 12.1. The van der Waals surface area contributed by atoms with Gasteiger partial charge >= 0.3 is 11.7 Å². The Morgan fingerprint density at radius 2 is 1.41 bits per heavy atom. The standard InChI is InChI=1S/C27H32N4O6/c1-15(2)21(24(33)30-22(16(3)4)26(35)36)29-23(32)20(14-17-10-6-5-7-11-17)31-25(34)18-12-8-9-13-19(18)28-27(31)37/h5-13,15-16,20-22H,14H2,1-4H3,(H,28,37)(H,29,32)(H,30,33)(H,35,36)/t20-,21-,22-/m0/s1. The van der Waals surface area contributed by atoms with E-state index in [1.165, 1.54) is 0 Å². The lowest BCUT2D eigenvalue weighted by Crippen LogP contribution is -2.56. The average molecular weight is 509 g/mol. The van der Waals surface area contributed by atoms with Gasteiger partial charge in [0.2, 0.25) is 11.8 Å². The van der Waals surface area contributed by atoms with Crippen LogP contribution in [0.15, 0.2) is 64.2 Å². The van der Waals surface area contributed by atoms with E-state index in [0.29, 0.717) is 11.1 Å². The molecule has 0 spiro atoms. The first-order chi connectivity index (χ1) is 17.5. The number of nitrogens with zero attached hydrogens (tertiary/aromatic N) is 1. The predicted molar refractivity (Wildman–Crippen MR) is 139 cm³/mol. The molecule has 0 fully saturated rings. The van der Waals surface area contributed by atoms with Gasteiger partial charge in [-0.2, -0.15) is 0 Å². The van der Waals surface area contributed by atoms with E-state index in [2.05, 4.69) is 15.6 Å². The van der Waals surface area contributed by atoms with Gasteiger partial charge in [-0.05, 0) is 29.5 Å². The first-order valence-electron chi connectivity index (χ1n) is 12.1. The number of amides is 2. The summed E-state index contributed by atoms with van der Waals surface area (Å²) >= 11 is 0. The minimum atomic E-state index is -1.27. The highest BCUT2D eigenvalue weighted by molar-refractivity contribution is 5.92. The van der Waals surface area contributed by atoms with Crippen molar-refractivity contribution in [3.63, 3.8) is 0 Å². The Hall–Kier alpha value is -4.21. The van der Waals surface area contributed by atoms with E-state index < -0.39 is 53.1 Å². The molecule has 0 aliphatic heterocycles. The minimum absolute atomic E-state index is 0.0180. The van der Waals surface area contributed by atoms with Crippen molar-refractivity contribution in [1.82, 2.24) is 20.2 Å². The third kappa shape index (κ3) is 6.32. The summed E-state index contributed by atoms with van der Waals surface area (Å²) < 4.78 is 0.869. The van der Waals surface area contributed by atoms with E-state index >= 15 is 0 Å². The summed E-state index contributed by atoms with van der Waals surface area (Å²) in [5.74, 6) is -3.35. The van der Waals surface area contributed by atoms with Gasteiger partial charge in [-0.25, -0.2) is 14.2 Å². The SMILES string of the molecule is CC(C)[C@H](NC(=O)[C@@H](NC(=O)[C@H](Cc1ccccc1)n1c(=O)[nH]c2ccccc2c1=O)C(C)C)C(=O)O. The molecule has 10 heteroatoms. The molecule has 37 heavy (non-hydrogen) atoms. The molecule has 0 aliphatic carbocycles. The summed E-state index contributed by atoms with van der Waals surface area (Å²) in [5, 5.41) is 14.9. The van der Waals surface area contributed by atoms with Crippen LogP contribution in [-0.4, -0.2) is 44.5 Å². The fourth-order valence-electron chi connectivity index (χ4n) is 4.14. The molecular weight excluding hydrogens is 476 g/mol. The molecule has 0 bridgehead atoms. The fraction of sp³-hybridized carbons (Fsp3) is 0.370. The number of rotatable bonds is 10. The maximum absolute atomic E-state index is 13.6. The van der Waals surface area contributed by atoms with E-state index in [1.807, 2.05) is 0 Å². The minimum Gasteiger partial charge on any atom is -0.480 e. The number of carbonyl (C=O) groups is 3. The number of H-pyrrole nitrogens is 1. The molecule has 4 N–H and O–H groups in total. The molecule has 3 rings (SSSR count). The Morgan fingerprint density at radius 3 is 2.00 bits per heavy atom. The number of hydrogen-bond acceptors (Lipinski definition) is 5. The van der Waals surface area contributed by atoms with E-state index in [-0.39, 0.29) is 17.7 Å². The van der Waals surface area contributed by atoms with Crippen molar-refractivity contribution in [1.29, 1.82) is 0 Å². The highest BCUT2D eigenvalue weighted by Crippen LogP contribution is 2.15. The maximum Gasteiger partial charge on any atom is 0.329 e. The van der Waals surface area contributed by atoms with Crippen molar-refractivity contribution in [2.24, 2.45) is 11.8 Å². The van der Waals surface area contributed by atoms with Crippen LogP contribution in [0.1, 0.15) is 39.3 Å². The molecule has 2 aromatic carbocycles. The highest BCUT2D eigenvalue weighted by Gasteiger charge is 2.33. The van der Waals surface area contributed by atoms with E-state index in [9.17, 15) is 29.1 Å². The van der Waals surface area contributed by atoms with E-state index in [4.69, 9.17) is 0 Å². The molecule has 0 saturated heterocycles. The van der Waals surface area contributed by atoms with Gasteiger partial charge in [-0.15, -0.1) is 0 Å². The van der Waals surface area contributed by atoms with Crippen molar-refractivity contribution >= 4 is 28.7 Å². The van der Waals surface area contributed by atoms with Crippen LogP contribution in [0.3, 0.4) is 0 Å². The third-order valence-electron chi connectivity index (χ3n) is 6.20. The van der Waals surface area contributed by atoms with Crippen molar-refractivity contribution in [3.8, 4) is 0 Å². The molecular formula is C27H32N4O6. The van der Waals surface area contributed by atoms with Crippen molar-refractivity contribution < 1.29 is 19.5 Å². The topological polar surface area (TPSA) is 150 Å². The maximum atomic E-state index is 13.6. The molecule has 3 aromatic rings. The normalized spacial score (nSPS) is 13.8. The lowest BCUT2D eigenvalue weighted by atomic mass is 9.99. The number of aromatic amines is 1. The fourth-order valence-corrected chi connectivity index (χ4v) is 4.14. The second-order valence-electron chi connectivity index (χ2n) is 9.66. The molecule has 0 aliphatic rings. The summed E-state index contributed by atoms with van der Waals surface area (Å²) in [6.45, 7) is 6.74. The summed E-state index contributed by atoms with van der Waals surface area (Å²) in [6, 6.07) is 11.9. The Kier molecular flexibility index (Phi) is 8.65. The van der Waals surface area contributed by atoms with Crippen molar-refractivity contribution in [2.75, 3.05) is 0 Å². The van der Waals surface area contributed by atoms with Crippen LogP contribution >= 0.6 is 0 Å². The second-order valence-corrected chi connectivity index (χ2v) is 9.66. The number of fused-ring (bicyclic) bond motifs is 1. The van der Waals surface area contributed by atoms with Crippen molar-refractivity contribution in [2.45, 2.75) is 52.2 Å². The zero-order valence-corrected chi connectivity index (χ0v) is 21.2. The van der Waals surface area contributed by atoms with Gasteiger partial charge in [0.15, 0.2) is 0 Å². The van der Waals surface area contributed by atoms with E-state index in [1.54, 1.807) is 82.3 Å². The smallest absolute Gasteiger partial charge is 0.329 e. The first kappa shape index (κ1) is 27.4. The lowest BCUT2D eigenvalue weighted by Gasteiger charge is -2.27. The number of aromatic nitrogens is 2. The Balaban J connectivity index is 2.02. The molecule has 3 atom stereocenters. The number of hydrogen-bond donors (Lipinski definition) is 4. The van der Waals surface area contributed by atoms with Crippen LogP contribution in [0.25, 0.3) is 10.9 Å². The lowest BCUT2D eigenvalue weighted by molar-refractivity contribution is -0.143. The summed E-state index contributed by atoms with van der Waals surface area (Å²) in [4.78, 5) is 67.3. The Bertz CT molecular complexity index is 1390. The quantitative estimate of drug-likeness (QED) is 0.328. The molecule has 0 radical (unpaired) electrons. The van der Waals surface area contributed by atoms with Crippen LogP contribution in [0.5, 0.6) is 0 Å². The Labute approximate surface area is 213 Å². The largest absolute Gasteiger partial charge is 0.480 e. The van der Waals surface area contributed by atoms with E-state index in [0.717, 1.165) is 4.57 Å². The van der Waals surface area contributed by atoms with Crippen LogP contribution < -0.4 is 21.9 Å². The number of carbonyl (C=O) groups excluding carboxylic acids is 2. The number of aliphatic carboxylic acids is 1. The molecule has 0 unspecified atom stereocenters. The summed E-state index contributed by atoms with van der Waals surface area (Å²) in [6.07, 6.45) is 0.0180. The second kappa shape index (κ2) is 11.7. The van der Waals surface area contributed by atoms with Gasteiger partial charge in [0, 0.05) is 6.42 Å². The number of benzene rings is 2. The van der Waals surface area contributed by atoms with Crippen LogP contribution in [0.4, 0.5) is 0 Å². The molecule has 2 amide bonds. The number of carboxylic acids is 1. The van der Waals surface area contributed by atoms with Crippen LogP contribution in [0, 0.1) is 11.8 Å². The van der Waals surface area contributed by atoms with Gasteiger partial charge in [-0.1, -0.05) is 70.2 Å². The monoisotopic (exact) mass is 508 g/mol. The molecule has 1 heterocycles. The van der Waals surface area contributed by atoms with Gasteiger partial charge in [0.25, 0.3) is 5.56 Å².